The van der Waals surface area contributed by atoms with Gasteiger partial charge < -0.3 is 14.2 Å². The van der Waals surface area contributed by atoms with E-state index in [2.05, 4.69) is 5.32 Å². The SMILES string of the molecule is CCOC(=O)C1(C(=O)OCC)Cc2c(cccc2-c2ccc(OC)cc2)CN1. The van der Waals surface area contributed by atoms with Crippen LogP contribution >= 0.6 is 0 Å². The topological polar surface area (TPSA) is 73.9 Å². The number of fused-ring (bicyclic) bond motifs is 1. The van der Waals surface area contributed by atoms with E-state index in [1.54, 1.807) is 21.0 Å². The molecule has 0 aromatic heterocycles. The van der Waals surface area contributed by atoms with Crippen LogP contribution in [0.5, 0.6) is 5.75 Å². The largest absolute Gasteiger partial charge is 0.497 e. The van der Waals surface area contributed by atoms with Crippen molar-refractivity contribution in [3.63, 3.8) is 0 Å². The van der Waals surface area contributed by atoms with Gasteiger partial charge in [0.05, 0.1) is 20.3 Å². The van der Waals surface area contributed by atoms with Crippen LogP contribution in [-0.4, -0.2) is 37.8 Å². The van der Waals surface area contributed by atoms with Gasteiger partial charge in [-0.2, -0.15) is 0 Å². The first-order valence-electron chi connectivity index (χ1n) is 9.40. The van der Waals surface area contributed by atoms with Crippen LogP contribution in [0.2, 0.25) is 0 Å². The van der Waals surface area contributed by atoms with Crippen molar-refractivity contribution in [3.8, 4) is 16.9 Å². The quantitative estimate of drug-likeness (QED) is 0.611. The molecule has 148 valence electrons. The molecule has 6 heteroatoms. The molecule has 0 saturated heterocycles. The van der Waals surface area contributed by atoms with Gasteiger partial charge in [0.1, 0.15) is 5.75 Å². The molecule has 1 aliphatic heterocycles. The first kappa shape index (κ1) is 19.9. The molecule has 1 N–H and O–H groups in total. The Hall–Kier alpha value is -2.86. The van der Waals surface area contributed by atoms with Crippen molar-refractivity contribution in [2.45, 2.75) is 32.4 Å². The van der Waals surface area contributed by atoms with Crippen LogP contribution in [-0.2, 0) is 32.0 Å². The number of ether oxygens (including phenoxy) is 3. The van der Waals surface area contributed by atoms with E-state index in [0.717, 1.165) is 28.0 Å². The van der Waals surface area contributed by atoms with Crippen LogP contribution < -0.4 is 10.1 Å². The molecule has 1 heterocycles. The van der Waals surface area contributed by atoms with Crippen molar-refractivity contribution in [1.29, 1.82) is 0 Å². The van der Waals surface area contributed by atoms with Crippen molar-refractivity contribution in [1.82, 2.24) is 5.32 Å². The number of hydrogen-bond donors (Lipinski definition) is 1. The molecule has 28 heavy (non-hydrogen) atoms. The Balaban J connectivity index is 2.06. The molecule has 0 atom stereocenters. The van der Waals surface area contributed by atoms with Crippen molar-refractivity contribution < 1.29 is 23.8 Å². The van der Waals surface area contributed by atoms with Crippen LogP contribution in [0.3, 0.4) is 0 Å². The Labute approximate surface area is 164 Å². The van der Waals surface area contributed by atoms with Gasteiger partial charge in [0, 0.05) is 13.0 Å². The Bertz CT molecular complexity index is 842. The van der Waals surface area contributed by atoms with E-state index in [9.17, 15) is 9.59 Å². The standard InChI is InChI=1S/C22H25NO5/c1-4-27-20(24)22(21(25)28-5-2)13-19-16(14-23-22)7-6-8-18(19)15-9-11-17(26-3)12-10-15/h6-12,23H,4-5,13-14H2,1-3H3. The maximum Gasteiger partial charge on any atom is 0.338 e. The highest BCUT2D eigenvalue weighted by Gasteiger charge is 2.51. The molecule has 0 fully saturated rings. The van der Waals surface area contributed by atoms with Gasteiger partial charge in [-0.05, 0) is 48.2 Å². The Kier molecular flexibility index (Phi) is 5.99. The number of nitrogens with one attached hydrogen (secondary N) is 1. The molecule has 0 saturated carbocycles. The molecule has 2 aromatic rings. The summed E-state index contributed by atoms with van der Waals surface area (Å²) >= 11 is 0. The van der Waals surface area contributed by atoms with Crippen LogP contribution in [0.1, 0.15) is 25.0 Å². The minimum Gasteiger partial charge on any atom is -0.497 e. The maximum atomic E-state index is 12.8. The first-order valence-corrected chi connectivity index (χ1v) is 9.40. The van der Waals surface area contributed by atoms with E-state index in [-0.39, 0.29) is 19.6 Å². The number of methoxy groups -OCH3 is 1. The fraction of sp³-hybridized carbons (Fsp3) is 0.364. The molecule has 0 spiro atoms. The zero-order valence-electron chi connectivity index (χ0n) is 16.4. The lowest BCUT2D eigenvalue weighted by Gasteiger charge is -2.35. The predicted molar refractivity (Wildman–Crippen MR) is 105 cm³/mol. The molecular formula is C22H25NO5. The van der Waals surface area contributed by atoms with Crippen LogP contribution in [0.4, 0.5) is 0 Å². The molecule has 2 aromatic carbocycles. The zero-order valence-corrected chi connectivity index (χ0v) is 16.4. The molecule has 0 radical (unpaired) electrons. The van der Waals surface area contributed by atoms with E-state index in [0.29, 0.717) is 6.54 Å². The minimum atomic E-state index is -1.54. The van der Waals surface area contributed by atoms with E-state index >= 15 is 0 Å². The summed E-state index contributed by atoms with van der Waals surface area (Å²) in [5, 5.41) is 3.09. The van der Waals surface area contributed by atoms with E-state index in [1.807, 2.05) is 42.5 Å². The summed E-state index contributed by atoms with van der Waals surface area (Å²) in [6.45, 7) is 4.19. The van der Waals surface area contributed by atoms with Gasteiger partial charge in [0.15, 0.2) is 0 Å². The normalized spacial score (nSPS) is 14.7. The molecular weight excluding hydrogens is 358 g/mol. The lowest BCUT2D eigenvalue weighted by molar-refractivity contribution is -0.166. The van der Waals surface area contributed by atoms with Gasteiger partial charge >= 0.3 is 11.9 Å². The highest BCUT2D eigenvalue weighted by Crippen LogP contribution is 2.34. The molecule has 0 aliphatic carbocycles. The molecule has 3 rings (SSSR count). The van der Waals surface area contributed by atoms with Crippen LogP contribution in [0.15, 0.2) is 42.5 Å². The highest BCUT2D eigenvalue weighted by atomic mass is 16.6. The number of carbonyl (C=O) groups excluding carboxylic acids is 2. The van der Waals surface area contributed by atoms with Gasteiger partial charge in [0.2, 0.25) is 5.54 Å². The van der Waals surface area contributed by atoms with Gasteiger partial charge in [-0.15, -0.1) is 0 Å². The highest BCUT2D eigenvalue weighted by molar-refractivity contribution is 6.06. The third kappa shape index (κ3) is 3.60. The van der Waals surface area contributed by atoms with Gasteiger partial charge in [-0.3, -0.25) is 5.32 Å². The first-order chi connectivity index (χ1) is 13.6. The summed E-state index contributed by atoms with van der Waals surface area (Å²) in [6.07, 6.45) is 0.169. The van der Waals surface area contributed by atoms with Crippen LogP contribution in [0, 0.1) is 0 Å². The Morgan fingerprint density at radius 1 is 1.00 bits per heavy atom. The molecule has 0 amide bonds. The molecule has 6 nitrogen and oxygen atoms in total. The molecule has 1 aliphatic rings. The fourth-order valence-electron chi connectivity index (χ4n) is 3.50. The monoisotopic (exact) mass is 383 g/mol. The summed E-state index contributed by atoms with van der Waals surface area (Å²) in [5.74, 6) is -0.449. The maximum absolute atomic E-state index is 12.8. The number of carbonyl (C=O) groups is 2. The summed E-state index contributed by atoms with van der Waals surface area (Å²) in [6, 6.07) is 13.7. The van der Waals surface area contributed by atoms with Gasteiger partial charge in [-0.1, -0.05) is 30.3 Å². The van der Waals surface area contributed by atoms with Gasteiger partial charge in [0.25, 0.3) is 0 Å². The van der Waals surface area contributed by atoms with Crippen molar-refractivity contribution >= 4 is 11.9 Å². The number of rotatable bonds is 6. The lowest BCUT2D eigenvalue weighted by Crippen LogP contribution is -2.62. The van der Waals surface area contributed by atoms with Crippen molar-refractivity contribution in [2.24, 2.45) is 0 Å². The Morgan fingerprint density at radius 3 is 2.21 bits per heavy atom. The average molecular weight is 383 g/mol. The smallest absolute Gasteiger partial charge is 0.338 e. The van der Waals surface area contributed by atoms with E-state index in [4.69, 9.17) is 14.2 Å². The van der Waals surface area contributed by atoms with E-state index < -0.39 is 17.5 Å². The summed E-state index contributed by atoms with van der Waals surface area (Å²) in [5.41, 5.74) is 2.40. The second kappa shape index (κ2) is 8.44. The van der Waals surface area contributed by atoms with Gasteiger partial charge in [-0.25, -0.2) is 9.59 Å². The molecule has 0 unspecified atom stereocenters. The van der Waals surface area contributed by atoms with Crippen LogP contribution in [0.25, 0.3) is 11.1 Å². The predicted octanol–water partition coefficient (Wildman–Crippen LogP) is 2.87. The number of esters is 2. The second-order valence-corrected chi connectivity index (χ2v) is 6.55. The summed E-state index contributed by atoms with van der Waals surface area (Å²) in [7, 11) is 1.62. The third-order valence-corrected chi connectivity index (χ3v) is 4.94. The lowest BCUT2D eigenvalue weighted by atomic mass is 9.81. The number of hydrogen-bond acceptors (Lipinski definition) is 6. The second-order valence-electron chi connectivity index (χ2n) is 6.55. The van der Waals surface area contributed by atoms with Crippen molar-refractivity contribution in [3.05, 3.63) is 53.6 Å². The van der Waals surface area contributed by atoms with Crippen molar-refractivity contribution in [2.75, 3.05) is 20.3 Å². The van der Waals surface area contributed by atoms with E-state index in [1.165, 1.54) is 0 Å². The summed E-state index contributed by atoms with van der Waals surface area (Å²) < 4.78 is 15.7. The minimum absolute atomic E-state index is 0.169. The third-order valence-electron chi connectivity index (χ3n) is 4.94. The number of benzene rings is 2. The Morgan fingerprint density at radius 2 is 1.64 bits per heavy atom. The average Bonchev–Trinajstić information content (AvgIpc) is 2.73. The molecule has 0 bridgehead atoms. The zero-order chi connectivity index (χ0) is 20.1. The fourth-order valence-corrected chi connectivity index (χ4v) is 3.50. The summed E-state index contributed by atoms with van der Waals surface area (Å²) in [4.78, 5) is 25.6.